The molecule has 0 aliphatic heterocycles. The maximum absolute atomic E-state index is 9.99. The topological polar surface area (TPSA) is 40.9 Å². The highest BCUT2D eigenvalue weighted by Crippen LogP contribution is 2.14. The first-order chi connectivity index (χ1) is 5.36. The minimum atomic E-state index is 0.547. The fourth-order valence-electron chi connectivity index (χ4n) is 0.772. The van der Waals surface area contributed by atoms with Crippen LogP contribution in [-0.4, -0.2) is 6.29 Å². The van der Waals surface area contributed by atoms with Gasteiger partial charge in [0.25, 0.3) is 0 Å². The van der Waals surface area contributed by atoms with E-state index in [9.17, 15) is 4.79 Å². The summed E-state index contributed by atoms with van der Waals surface area (Å²) in [5.74, 6) is 0. The van der Waals surface area contributed by atoms with Crippen molar-refractivity contribution >= 4 is 17.6 Å². The second kappa shape index (κ2) is 3.89. The van der Waals surface area contributed by atoms with Gasteiger partial charge in [-0.2, -0.15) is 5.26 Å². The summed E-state index contributed by atoms with van der Waals surface area (Å²) in [7, 11) is 0. The van der Waals surface area contributed by atoms with Gasteiger partial charge in [-0.25, -0.2) is 0 Å². The molecular weight excluding hydrogens is 158 g/mol. The van der Waals surface area contributed by atoms with Crippen LogP contribution in [0.25, 0.3) is 0 Å². The molecular formula is C8H7NOS. The zero-order valence-corrected chi connectivity index (χ0v) is 6.73. The van der Waals surface area contributed by atoms with Crippen LogP contribution in [0.15, 0.2) is 11.4 Å². The molecule has 11 heavy (non-hydrogen) atoms. The zero-order valence-electron chi connectivity index (χ0n) is 5.91. The van der Waals surface area contributed by atoms with Gasteiger partial charge in [0.15, 0.2) is 0 Å². The molecule has 0 aromatic carbocycles. The number of thiophene rings is 1. The Labute approximate surface area is 69.1 Å². The van der Waals surface area contributed by atoms with Crippen LogP contribution in [0.3, 0.4) is 0 Å². The van der Waals surface area contributed by atoms with Crippen LogP contribution < -0.4 is 0 Å². The molecule has 1 aromatic heterocycles. The molecule has 0 saturated heterocycles. The van der Waals surface area contributed by atoms with Crippen molar-refractivity contribution in [3.05, 3.63) is 21.9 Å². The molecule has 0 amide bonds. The first-order valence-electron chi connectivity index (χ1n) is 3.28. The third-order valence-electron chi connectivity index (χ3n) is 1.29. The summed E-state index contributed by atoms with van der Waals surface area (Å²) in [5, 5.41) is 10.3. The standard InChI is InChI=1S/C8H7NOS/c9-5-7-4-8(11-6-7)2-1-3-10/h3-4,6H,1-2H2. The van der Waals surface area contributed by atoms with Gasteiger partial charge in [0.05, 0.1) is 11.6 Å². The second-order valence-electron chi connectivity index (χ2n) is 2.12. The fraction of sp³-hybridized carbons (Fsp3) is 0.250. The van der Waals surface area contributed by atoms with E-state index < -0.39 is 0 Å². The summed E-state index contributed by atoms with van der Waals surface area (Å²) in [6.07, 6.45) is 2.20. The largest absolute Gasteiger partial charge is 0.303 e. The molecule has 2 nitrogen and oxygen atoms in total. The predicted molar refractivity (Wildman–Crippen MR) is 43.4 cm³/mol. The first-order valence-corrected chi connectivity index (χ1v) is 4.16. The van der Waals surface area contributed by atoms with Gasteiger partial charge < -0.3 is 4.79 Å². The highest BCUT2D eigenvalue weighted by molar-refractivity contribution is 7.10. The Balaban J connectivity index is 2.59. The Morgan fingerprint density at radius 3 is 3.09 bits per heavy atom. The molecule has 0 aliphatic carbocycles. The Morgan fingerprint density at radius 2 is 2.55 bits per heavy atom. The van der Waals surface area contributed by atoms with Crippen molar-refractivity contribution in [2.75, 3.05) is 0 Å². The lowest BCUT2D eigenvalue weighted by molar-refractivity contribution is -0.107. The highest BCUT2D eigenvalue weighted by Gasteiger charge is 1.97. The molecule has 1 aromatic rings. The van der Waals surface area contributed by atoms with Gasteiger partial charge in [-0.1, -0.05) is 0 Å². The molecule has 1 rings (SSSR count). The van der Waals surface area contributed by atoms with E-state index in [1.165, 1.54) is 11.3 Å². The Bertz CT molecular complexity index is 285. The van der Waals surface area contributed by atoms with E-state index >= 15 is 0 Å². The molecule has 0 fully saturated rings. The van der Waals surface area contributed by atoms with Crippen molar-refractivity contribution in [1.29, 1.82) is 5.26 Å². The molecule has 0 bridgehead atoms. The van der Waals surface area contributed by atoms with Crippen LogP contribution in [0.4, 0.5) is 0 Å². The number of carbonyl (C=O) groups is 1. The van der Waals surface area contributed by atoms with E-state index in [1.54, 1.807) is 5.38 Å². The molecule has 0 unspecified atom stereocenters. The normalized spacial score (nSPS) is 9.00. The quantitative estimate of drug-likeness (QED) is 0.640. The van der Waals surface area contributed by atoms with Crippen LogP contribution in [0.5, 0.6) is 0 Å². The lowest BCUT2D eigenvalue weighted by atomic mass is 10.2. The summed E-state index contributed by atoms with van der Waals surface area (Å²) < 4.78 is 0. The summed E-state index contributed by atoms with van der Waals surface area (Å²) in [4.78, 5) is 11.1. The molecule has 0 atom stereocenters. The summed E-state index contributed by atoms with van der Waals surface area (Å²) in [6.45, 7) is 0. The van der Waals surface area contributed by atoms with Gasteiger partial charge in [0.1, 0.15) is 6.29 Å². The monoisotopic (exact) mass is 165 g/mol. The minimum absolute atomic E-state index is 0.547. The van der Waals surface area contributed by atoms with Crippen LogP contribution in [0.2, 0.25) is 0 Å². The number of nitriles is 1. The SMILES string of the molecule is N#Cc1csc(CCC=O)c1. The number of nitrogens with zero attached hydrogens (tertiary/aromatic N) is 1. The predicted octanol–water partition coefficient (Wildman–Crippen LogP) is 1.75. The number of hydrogen-bond acceptors (Lipinski definition) is 3. The van der Waals surface area contributed by atoms with Crippen LogP contribution >= 0.6 is 11.3 Å². The maximum atomic E-state index is 9.99. The fourth-order valence-corrected chi connectivity index (χ4v) is 1.60. The average molecular weight is 165 g/mol. The van der Waals surface area contributed by atoms with Crippen LogP contribution in [0.1, 0.15) is 16.9 Å². The Kier molecular flexibility index (Phi) is 2.82. The number of aryl methyl sites for hydroxylation is 1. The van der Waals surface area contributed by atoms with E-state index in [-0.39, 0.29) is 0 Å². The molecule has 1 heterocycles. The van der Waals surface area contributed by atoms with Crippen molar-refractivity contribution in [3.63, 3.8) is 0 Å². The van der Waals surface area contributed by atoms with E-state index in [0.717, 1.165) is 17.6 Å². The molecule has 0 N–H and O–H groups in total. The van der Waals surface area contributed by atoms with Gasteiger partial charge in [0, 0.05) is 16.7 Å². The van der Waals surface area contributed by atoms with Crippen LogP contribution in [-0.2, 0) is 11.2 Å². The average Bonchev–Trinajstić information content (AvgIpc) is 2.48. The molecule has 0 aliphatic rings. The summed E-state index contributed by atoms with van der Waals surface area (Å²) in [5.41, 5.74) is 0.691. The van der Waals surface area contributed by atoms with E-state index in [2.05, 4.69) is 0 Å². The maximum Gasteiger partial charge on any atom is 0.120 e. The number of rotatable bonds is 3. The smallest absolute Gasteiger partial charge is 0.120 e. The van der Waals surface area contributed by atoms with Gasteiger partial charge in [-0.05, 0) is 12.5 Å². The molecule has 0 spiro atoms. The van der Waals surface area contributed by atoms with E-state index in [1.807, 2.05) is 12.1 Å². The van der Waals surface area contributed by atoms with Crippen molar-refractivity contribution in [3.8, 4) is 6.07 Å². The molecule has 3 heteroatoms. The number of hydrogen-bond donors (Lipinski definition) is 0. The zero-order chi connectivity index (χ0) is 8.10. The van der Waals surface area contributed by atoms with Gasteiger partial charge >= 0.3 is 0 Å². The van der Waals surface area contributed by atoms with Crippen molar-refractivity contribution in [2.45, 2.75) is 12.8 Å². The van der Waals surface area contributed by atoms with Crippen molar-refractivity contribution in [2.24, 2.45) is 0 Å². The third-order valence-corrected chi connectivity index (χ3v) is 2.29. The van der Waals surface area contributed by atoms with Gasteiger partial charge in [-0.15, -0.1) is 11.3 Å². The Morgan fingerprint density at radius 1 is 1.73 bits per heavy atom. The van der Waals surface area contributed by atoms with Gasteiger partial charge in [-0.3, -0.25) is 0 Å². The minimum Gasteiger partial charge on any atom is -0.303 e. The number of carbonyl (C=O) groups excluding carboxylic acids is 1. The number of aldehydes is 1. The van der Waals surface area contributed by atoms with E-state index in [0.29, 0.717) is 12.0 Å². The highest BCUT2D eigenvalue weighted by atomic mass is 32.1. The molecule has 56 valence electrons. The third kappa shape index (κ3) is 2.17. The summed E-state index contributed by atoms with van der Waals surface area (Å²) >= 11 is 1.53. The lowest BCUT2D eigenvalue weighted by Gasteiger charge is -1.85. The van der Waals surface area contributed by atoms with Gasteiger partial charge in [0.2, 0.25) is 0 Å². The summed E-state index contributed by atoms with van der Waals surface area (Å²) in [6, 6.07) is 3.87. The Hall–Kier alpha value is -1.14. The molecule has 0 saturated carbocycles. The van der Waals surface area contributed by atoms with E-state index in [4.69, 9.17) is 5.26 Å². The molecule has 0 radical (unpaired) electrons. The van der Waals surface area contributed by atoms with Crippen molar-refractivity contribution in [1.82, 2.24) is 0 Å². The lowest BCUT2D eigenvalue weighted by Crippen LogP contribution is -1.79. The first kappa shape index (κ1) is 7.96. The van der Waals surface area contributed by atoms with Crippen LogP contribution in [0, 0.1) is 11.3 Å². The van der Waals surface area contributed by atoms with Crippen molar-refractivity contribution < 1.29 is 4.79 Å². The second-order valence-corrected chi connectivity index (χ2v) is 3.11.